The first kappa shape index (κ1) is 12.5. The molecule has 1 rings (SSSR count). The molecular weight excluding hydrogens is 188 g/mol. The van der Waals surface area contributed by atoms with Gasteiger partial charge in [0.1, 0.15) is 0 Å². The summed E-state index contributed by atoms with van der Waals surface area (Å²) < 4.78 is 0. The van der Waals surface area contributed by atoms with E-state index in [2.05, 4.69) is 33.0 Å². The van der Waals surface area contributed by atoms with Gasteiger partial charge in [0.15, 0.2) is 0 Å². The Labute approximate surface area is 92.8 Å². The number of nitrogens with one attached hydrogen (secondary N) is 1. The van der Waals surface area contributed by atoms with E-state index in [0.29, 0.717) is 5.92 Å². The van der Waals surface area contributed by atoms with E-state index >= 15 is 0 Å². The second-order valence-electron chi connectivity index (χ2n) is 6.10. The summed E-state index contributed by atoms with van der Waals surface area (Å²) in [6.45, 7) is 9.50. The third-order valence-corrected chi connectivity index (χ3v) is 2.93. The SMILES string of the molecule is CC(C)CC(C)(C)CNC(=O)C1(N)CC1. The van der Waals surface area contributed by atoms with Crippen LogP contribution in [0, 0.1) is 11.3 Å². The van der Waals surface area contributed by atoms with Crippen LogP contribution in [0.4, 0.5) is 0 Å². The fourth-order valence-electron chi connectivity index (χ4n) is 2.03. The molecule has 0 aromatic rings. The topological polar surface area (TPSA) is 55.1 Å². The lowest BCUT2D eigenvalue weighted by molar-refractivity contribution is -0.123. The van der Waals surface area contributed by atoms with Gasteiger partial charge in [-0.3, -0.25) is 4.79 Å². The Morgan fingerprint density at radius 1 is 1.47 bits per heavy atom. The van der Waals surface area contributed by atoms with Crippen molar-refractivity contribution in [3.05, 3.63) is 0 Å². The molecule has 1 saturated carbocycles. The molecule has 0 heterocycles. The Bertz CT molecular complexity index is 242. The van der Waals surface area contributed by atoms with Crippen molar-refractivity contribution in [1.29, 1.82) is 0 Å². The quantitative estimate of drug-likeness (QED) is 0.728. The van der Waals surface area contributed by atoms with Gasteiger partial charge < -0.3 is 11.1 Å². The van der Waals surface area contributed by atoms with Gasteiger partial charge in [-0.15, -0.1) is 0 Å². The molecule has 0 radical (unpaired) electrons. The average molecular weight is 212 g/mol. The smallest absolute Gasteiger partial charge is 0.240 e. The van der Waals surface area contributed by atoms with Crippen molar-refractivity contribution in [2.24, 2.45) is 17.1 Å². The van der Waals surface area contributed by atoms with E-state index in [1.807, 2.05) is 0 Å². The summed E-state index contributed by atoms with van der Waals surface area (Å²) in [4.78, 5) is 11.6. The van der Waals surface area contributed by atoms with Crippen LogP contribution in [0.5, 0.6) is 0 Å². The number of hydrogen-bond donors (Lipinski definition) is 2. The Balaban J connectivity index is 2.32. The lowest BCUT2D eigenvalue weighted by Crippen LogP contribution is -2.46. The maximum atomic E-state index is 11.6. The maximum Gasteiger partial charge on any atom is 0.240 e. The zero-order valence-electron chi connectivity index (χ0n) is 10.4. The number of rotatable bonds is 5. The number of hydrogen-bond acceptors (Lipinski definition) is 2. The van der Waals surface area contributed by atoms with Crippen LogP contribution in [0.1, 0.15) is 47.0 Å². The Hall–Kier alpha value is -0.570. The summed E-state index contributed by atoms with van der Waals surface area (Å²) in [6, 6.07) is 0. The van der Waals surface area contributed by atoms with Crippen LogP contribution < -0.4 is 11.1 Å². The highest BCUT2D eigenvalue weighted by Crippen LogP contribution is 2.32. The normalized spacial score (nSPS) is 19.1. The molecule has 3 N–H and O–H groups in total. The molecule has 1 aliphatic carbocycles. The van der Waals surface area contributed by atoms with E-state index in [1.54, 1.807) is 0 Å². The molecule has 0 aromatic carbocycles. The summed E-state index contributed by atoms with van der Waals surface area (Å²) in [5.41, 5.74) is 5.44. The summed E-state index contributed by atoms with van der Waals surface area (Å²) in [5.74, 6) is 0.684. The van der Waals surface area contributed by atoms with Crippen LogP contribution in [0.15, 0.2) is 0 Å². The molecule has 0 unspecified atom stereocenters. The molecule has 0 aliphatic heterocycles. The monoisotopic (exact) mass is 212 g/mol. The number of amides is 1. The molecule has 0 atom stereocenters. The first-order valence-corrected chi connectivity index (χ1v) is 5.82. The van der Waals surface area contributed by atoms with Crippen molar-refractivity contribution in [1.82, 2.24) is 5.32 Å². The second-order valence-corrected chi connectivity index (χ2v) is 6.10. The van der Waals surface area contributed by atoms with Crippen molar-refractivity contribution in [3.8, 4) is 0 Å². The van der Waals surface area contributed by atoms with Crippen molar-refractivity contribution in [3.63, 3.8) is 0 Å². The largest absolute Gasteiger partial charge is 0.354 e. The molecule has 3 heteroatoms. The fourth-order valence-corrected chi connectivity index (χ4v) is 2.03. The predicted molar refractivity (Wildman–Crippen MR) is 62.4 cm³/mol. The molecule has 88 valence electrons. The molecule has 0 saturated heterocycles. The second kappa shape index (κ2) is 4.12. The summed E-state index contributed by atoms with van der Waals surface area (Å²) >= 11 is 0. The van der Waals surface area contributed by atoms with Gasteiger partial charge in [0.05, 0.1) is 5.54 Å². The number of nitrogens with two attached hydrogens (primary N) is 1. The average Bonchev–Trinajstić information content (AvgIpc) is 2.78. The van der Waals surface area contributed by atoms with Gasteiger partial charge in [0.2, 0.25) is 5.91 Å². The number of carbonyl (C=O) groups is 1. The first-order valence-electron chi connectivity index (χ1n) is 5.82. The number of carbonyl (C=O) groups excluding carboxylic acids is 1. The molecule has 0 aromatic heterocycles. The van der Waals surface area contributed by atoms with Gasteiger partial charge in [-0.05, 0) is 30.6 Å². The lowest BCUT2D eigenvalue weighted by Gasteiger charge is -2.27. The Morgan fingerprint density at radius 2 is 2.00 bits per heavy atom. The highest BCUT2D eigenvalue weighted by atomic mass is 16.2. The standard InChI is InChI=1S/C12H24N2O/c1-9(2)7-11(3,4)8-14-10(15)12(13)5-6-12/h9H,5-8,13H2,1-4H3,(H,14,15). The Kier molecular flexibility index (Phi) is 3.44. The van der Waals surface area contributed by atoms with Gasteiger partial charge in [0, 0.05) is 6.54 Å². The van der Waals surface area contributed by atoms with E-state index in [-0.39, 0.29) is 11.3 Å². The highest BCUT2D eigenvalue weighted by molar-refractivity contribution is 5.88. The molecule has 0 bridgehead atoms. The third kappa shape index (κ3) is 3.82. The summed E-state index contributed by atoms with van der Waals surface area (Å²) in [5, 5.41) is 2.97. The molecule has 0 spiro atoms. The van der Waals surface area contributed by atoms with E-state index in [9.17, 15) is 4.79 Å². The molecule has 1 aliphatic rings. The van der Waals surface area contributed by atoms with Crippen molar-refractivity contribution < 1.29 is 4.79 Å². The van der Waals surface area contributed by atoms with Gasteiger partial charge in [-0.2, -0.15) is 0 Å². The molecule has 1 fully saturated rings. The molecule has 1 amide bonds. The highest BCUT2D eigenvalue weighted by Gasteiger charge is 2.46. The van der Waals surface area contributed by atoms with Gasteiger partial charge in [-0.1, -0.05) is 27.7 Å². The van der Waals surface area contributed by atoms with Crippen molar-refractivity contribution >= 4 is 5.91 Å². The zero-order valence-corrected chi connectivity index (χ0v) is 10.4. The van der Waals surface area contributed by atoms with E-state index in [1.165, 1.54) is 0 Å². The minimum Gasteiger partial charge on any atom is -0.354 e. The molecule has 15 heavy (non-hydrogen) atoms. The lowest BCUT2D eigenvalue weighted by atomic mass is 9.84. The van der Waals surface area contributed by atoms with Crippen LogP contribution in [0.2, 0.25) is 0 Å². The molecule has 3 nitrogen and oxygen atoms in total. The zero-order chi connectivity index (χ0) is 11.7. The van der Waals surface area contributed by atoms with E-state index in [4.69, 9.17) is 5.73 Å². The Morgan fingerprint density at radius 3 is 2.40 bits per heavy atom. The van der Waals surface area contributed by atoms with Crippen LogP contribution in [-0.4, -0.2) is 18.0 Å². The fraction of sp³-hybridized carbons (Fsp3) is 0.917. The van der Waals surface area contributed by atoms with E-state index < -0.39 is 5.54 Å². The van der Waals surface area contributed by atoms with Crippen molar-refractivity contribution in [2.45, 2.75) is 52.5 Å². The summed E-state index contributed by atoms with van der Waals surface area (Å²) in [6.07, 6.45) is 2.79. The minimum atomic E-state index is -0.534. The van der Waals surface area contributed by atoms with E-state index in [0.717, 1.165) is 25.8 Å². The maximum absolute atomic E-state index is 11.6. The molecular formula is C12H24N2O. The van der Waals surface area contributed by atoms with Gasteiger partial charge >= 0.3 is 0 Å². The van der Waals surface area contributed by atoms with Gasteiger partial charge in [-0.25, -0.2) is 0 Å². The van der Waals surface area contributed by atoms with Gasteiger partial charge in [0.25, 0.3) is 0 Å². The van der Waals surface area contributed by atoms with Crippen molar-refractivity contribution in [2.75, 3.05) is 6.54 Å². The third-order valence-electron chi connectivity index (χ3n) is 2.93. The van der Waals surface area contributed by atoms with Crippen LogP contribution >= 0.6 is 0 Å². The minimum absolute atomic E-state index is 0.0272. The van der Waals surface area contributed by atoms with Crippen LogP contribution in [0.3, 0.4) is 0 Å². The summed E-state index contributed by atoms with van der Waals surface area (Å²) in [7, 11) is 0. The van der Waals surface area contributed by atoms with Crippen LogP contribution in [-0.2, 0) is 4.79 Å². The van der Waals surface area contributed by atoms with Crippen LogP contribution in [0.25, 0.3) is 0 Å². The first-order chi connectivity index (χ1) is 6.75. The predicted octanol–water partition coefficient (Wildman–Crippen LogP) is 1.67.